The van der Waals surface area contributed by atoms with Crippen LogP contribution in [-0.2, 0) is 6.54 Å². The van der Waals surface area contributed by atoms with Gasteiger partial charge >= 0.3 is 0 Å². The summed E-state index contributed by atoms with van der Waals surface area (Å²) in [6.45, 7) is 72.7. The standard InChI is InChI=1S/2C16H35N.C12H27N.C11H17N.C10H23N.2C8H19N.2C6H15N.C5H13N.C4H11N/c1-5-9-11-15(7-3)13-17-14-16(8-4)12-10-6-2;1-3-5-7-9-11-13-15-17-16-14-12-10-8-6-4-2;1-3-5-7-9-11-13-12-10-8-6-4-2;1-2-3-9-12-10-11-7-5-4-6-8-11;1-3-5-7-9-11-10-8-6-4-2;1-5-7(3)9-8(4)6-2;1-3-5-7-9-8-6-4-2;1-3-5-6-7-4-2;1-3-5-7-6-4-2;1-3-4-5-6-2;1-3-4-5-2/h15-17H,5-14H2,1-4H3;17H,3-16H2,1-2H3;13H,3-12H2,1-2H3;4-8,12H,2-3,9-10H2,1H3;11H,3-10H2,1-2H3;7-9H,5-6H2,1-4H3;9H,3-8H2,1-2H3;2*7H,3-6H2,1-2H3;6H,3-5H2,1-2H3;5H,3-4H2,1-2H3. The van der Waals surface area contributed by atoms with E-state index in [9.17, 15) is 0 Å². The molecule has 11 heteroatoms. The molecule has 11 nitrogen and oxygen atoms in total. The molecule has 0 saturated carbocycles. The summed E-state index contributed by atoms with van der Waals surface area (Å²) < 4.78 is 0. The lowest BCUT2D eigenvalue weighted by Gasteiger charge is -2.19. The highest BCUT2D eigenvalue weighted by Gasteiger charge is 2.09. The molecule has 4 atom stereocenters. The van der Waals surface area contributed by atoms with Crippen molar-refractivity contribution in [3.8, 4) is 0 Å². The Bertz CT molecular complexity index is 1410. The second-order valence-corrected chi connectivity index (χ2v) is 32.1. The Kier molecular flexibility index (Phi) is 167. The first-order valence-electron chi connectivity index (χ1n) is 51.0. The van der Waals surface area contributed by atoms with Gasteiger partial charge in [0.25, 0.3) is 0 Å². The number of nitrogens with one attached hydrogen (secondary N) is 11. The lowest BCUT2D eigenvalue weighted by molar-refractivity contribution is 0.372. The first-order valence-corrected chi connectivity index (χ1v) is 51.0. The van der Waals surface area contributed by atoms with Gasteiger partial charge in [-0.1, -0.05) is 375 Å². The number of rotatable bonds is 72. The van der Waals surface area contributed by atoms with Gasteiger partial charge in [-0.05, 0) is 272 Å². The summed E-state index contributed by atoms with van der Waals surface area (Å²) >= 11 is 0. The third kappa shape index (κ3) is 163. The molecule has 1 aromatic rings. The highest BCUT2D eigenvalue weighted by atomic mass is 14.9. The van der Waals surface area contributed by atoms with E-state index in [0.717, 1.165) is 44.6 Å². The number of benzene rings is 1. The van der Waals surface area contributed by atoms with Crippen LogP contribution in [0.5, 0.6) is 0 Å². The predicted octanol–water partition coefficient (Wildman–Crippen LogP) is 28.3. The minimum atomic E-state index is 0.681. The zero-order valence-electron chi connectivity index (χ0n) is 83.6. The van der Waals surface area contributed by atoms with E-state index in [4.69, 9.17) is 0 Å². The quantitative estimate of drug-likeness (QED) is 0.0285. The molecule has 0 saturated heterocycles. The average Bonchev–Trinajstić information content (AvgIpc) is 0.965. The maximum atomic E-state index is 3.71. The van der Waals surface area contributed by atoms with E-state index >= 15 is 0 Å². The van der Waals surface area contributed by atoms with Crippen LogP contribution in [0.4, 0.5) is 0 Å². The molecule has 0 bridgehead atoms. The molecule has 0 aliphatic carbocycles. The molecule has 692 valence electrons. The molecule has 0 aliphatic heterocycles. The fourth-order valence-electron chi connectivity index (χ4n) is 11.3. The molecule has 0 aliphatic rings. The van der Waals surface area contributed by atoms with E-state index < -0.39 is 0 Å². The van der Waals surface area contributed by atoms with E-state index in [0.29, 0.717) is 12.1 Å². The Morgan fingerprint density at radius 3 is 0.752 bits per heavy atom. The van der Waals surface area contributed by atoms with Gasteiger partial charge in [0.15, 0.2) is 0 Å². The van der Waals surface area contributed by atoms with Crippen molar-refractivity contribution in [2.45, 2.75) is 492 Å². The Morgan fingerprint density at radius 1 is 0.221 bits per heavy atom. The average molecular weight is 1610 g/mol. The van der Waals surface area contributed by atoms with Gasteiger partial charge in [0.2, 0.25) is 0 Å². The Morgan fingerprint density at radius 2 is 0.478 bits per heavy atom. The van der Waals surface area contributed by atoms with Crippen molar-refractivity contribution in [1.29, 1.82) is 0 Å². The number of unbranched alkanes of at least 4 members (excludes halogenated alkanes) is 27. The van der Waals surface area contributed by atoms with Crippen LogP contribution in [-0.4, -0.2) is 137 Å². The largest absolute Gasteiger partial charge is 0.320 e. The fraction of sp³-hybridized carbons (Fsp3) is 0.941. The fourth-order valence-corrected chi connectivity index (χ4v) is 11.3. The predicted molar refractivity (Wildman–Crippen MR) is 531 cm³/mol. The van der Waals surface area contributed by atoms with Crippen molar-refractivity contribution in [2.75, 3.05) is 125 Å². The van der Waals surface area contributed by atoms with Crippen LogP contribution in [0.2, 0.25) is 0 Å². The van der Waals surface area contributed by atoms with Gasteiger partial charge in [-0.3, -0.25) is 0 Å². The molecule has 113 heavy (non-hydrogen) atoms. The van der Waals surface area contributed by atoms with Crippen LogP contribution in [0.15, 0.2) is 30.3 Å². The summed E-state index contributed by atoms with van der Waals surface area (Å²) in [6, 6.07) is 11.9. The zero-order valence-corrected chi connectivity index (χ0v) is 83.6. The Labute approximate surface area is 720 Å². The second kappa shape index (κ2) is 143. The first-order chi connectivity index (χ1) is 55.2. The van der Waals surface area contributed by atoms with Gasteiger partial charge in [0.05, 0.1) is 0 Å². The van der Waals surface area contributed by atoms with E-state index in [-0.39, 0.29) is 0 Å². The van der Waals surface area contributed by atoms with Crippen molar-refractivity contribution in [2.24, 2.45) is 11.8 Å². The molecule has 1 rings (SSSR count). The van der Waals surface area contributed by atoms with Crippen LogP contribution in [0.3, 0.4) is 0 Å². The molecule has 0 heterocycles. The summed E-state index contributed by atoms with van der Waals surface area (Å²) in [7, 11) is 3.94. The van der Waals surface area contributed by atoms with Gasteiger partial charge in [0, 0.05) is 18.6 Å². The molecule has 11 N–H and O–H groups in total. The van der Waals surface area contributed by atoms with Gasteiger partial charge in [-0.25, -0.2) is 0 Å². The van der Waals surface area contributed by atoms with E-state index in [1.54, 1.807) is 0 Å². The summed E-state index contributed by atoms with van der Waals surface area (Å²) in [6.07, 6.45) is 66.2. The molecule has 0 aromatic heterocycles. The number of hydrogen-bond acceptors (Lipinski definition) is 11. The molecule has 4 unspecified atom stereocenters. The Balaban J connectivity index is -0.000000131. The number of hydrogen-bond donors (Lipinski definition) is 11. The van der Waals surface area contributed by atoms with Crippen LogP contribution < -0.4 is 58.5 Å². The van der Waals surface area contributed by atoms with Crippen LogP contribution >= 0.6 is 0 Å². The third-order valence-corrected chi connectivity index (χ3v) is 19.9. The maximum absolute atomic E-state index is 3.71. The third-order valence-electron chi connectivity index (χ3n) is 19.9. The maximum Gasteiger partial charge on any atom is 0.0205 e. The molecular weight excluding hydrogens is 1380 g/mol. The SMILES string of the molecule is CCC(C)NC(C)CC.CCCCC(CC)CNCC(CC)CCCC.CCCCCCCCNCCCCCCCC.CCCCCCNCCCCCC.CCCCCNCCCCC.CCCCNC.CCCCNCC.CCCCNCCCC.CCCCNCc1ccccc1.CCCNC.CCCNCCC. The van der Waals surface area contributed by atoms with E-state index in [2.05, 4.69) is 248 Å². The van der Waals surface area contributed by atoms with Gasteiger partial charge in [-0.2, -0.15) is 0 Å². The van der Waals surface area contributed by atoms with Gasteiger partial charge < -0.3 is 58.5 Å². The molecular formula is C102H229N11. The minimum Gasteiger partial charge on any atom is -0.320 e. The summed E-state index contributed by atoms with van der Waals surface area (Å²) in [5.41, 5.74) is 1.37. The van der Waals surface area contributed by atoms with Crippen LogP contribution in [0.1, 0.15) is 479 Å². The Hall–Kier alpha value is -1.22. The van der Waals surface area contributed by atoms with Crippen LogP contribution in [0, 0.1) is 11.8 Å². The molecule has 0 radical (unpaired) electrons. The molecule has 0 spiro atoms. The molecule has 1 aromatic carbocycles. The van der Waals surface area contributed by atoms with Crippen LogP contribution in [0.25, 0.3) is 0 Å². The smallest absolute Gasteiger partial charge is 0.0205 e. The lowest BCUT2D eigenvalue weighted by Crippen LogP contribution is -2.33. The highest BCUT2D eigenvalue weighted by Crippen LogP contribution is 2.15. The monoisotopic (exact) mass is 1610 g/mol. The normalized spacial score (nSPS) is 11.4. The topological polar surface area (TPSA) is 132 Å². The van der Waals surface area contributed by atoms with E-state index in [1.165, 1.54) is 405 Å². The van der Waals surface area contributed by atoms with Crippen molar-refractivity contribution < 1.29 is 0 Å². The second-order valence-electron chi connectivity index (χ2n) is 32.1. The van der Waals surface area contributed by atoms with Gasteiger partial charge in [-0.15, -0.1) is 0 Å². The first kappa shape index (κ1) is 132. The summed E-state index contributed by atoms with van der Waals surface area (Å²) in [5, 5.41) is 37.1. The van der Waals surface area contributed by atoms with E-state index in [1.807, 2.05) is 14.1 Å². The highest BCUT2D eigenvalue weighted by molar-refractivity contribution is 5.14. The molecule has 0 fully saturated rings. The summed E-state index contributed by atoms with van der Waals surface area (Å²) in [5.74, 6) is 1.80. The van der Waals surface area contributed by atoms with Crippen molar-refractivity contribution in [3.05, 3.63) is 35.9 Å². The van der Waals surface area contributed by atoms with Crippen molar-refractivity contribution >= 4 is 0 Å². The van der Waals surface area contributed by atoms with Gasteiger partial charge in [0.1, 0.15) is 0 Å². The van der Waals surface area contributed by atoms with Crippen molar-refractivity contribution in [1.82, 2.24) is 58.5 Å². The minimum absolute atomic E-state index is 0.681. The summed E-state index contributed by atoms with van der Waals surface area (Å²) in [4.78, 5) is 0. The lowest BCUT2D eigenvalue weighted by atomic mass is 9.97. The van der Waals surface area contributed by atoms with Crippen molar-refractivity contribution in [3.63, 3.8) is 0 Å². The molecule has 0 amide bonds. The zero-order chi connectivity index (χ0) is 86.6.